The number of benzene rings is 6. The highest BCUT2D eigenvalue weighted by Gasteiger charge is 2.26. The van der Waals surface area contributed by atoms with Gasteiger partial charge in [-0.2, -0.15) is 0 Å². The Morgan fingerprint density at radius 1 is 0.566 bits per heavy atom. The van der Waals surface area contributed by atoms with Crippen molar-refractivity contribution in [2.45, 2.75) is 19.9 Å². The quantitative estimate of drug-likeness (QED) is 0.175. The lowest BCUT2D eigenvalue weighted by Gasteiger charge is -2.31. The van der Waals surface area contributed by atoms with Gasteiger partial charge >= 0.3 is 0 Å². The Morgan fingerprint density at radius 2 is 1.13 bits per heavy atom. The maximum Gasteiger partial charge on any atom is 0.145 e. The molecule has 0 saturated carbocycles. The van der Waals surface area contributed by atoms with Crippen LogP contribution in [0.15, 0.2) is 175 Å². The van der Waals surface area contributed by atoms with E-state index in [0.29, 0.717) is 12.5 Å². The van der Waals surface area contributed by atoms with Gasteiger partial charge in [0.2, 0.25) is 0 Å². The Bertz CT molecular complexity index is 2750. The van der Waals surface area contributed by atoms with E-state index in [2.05, 4.69) is 191 Å². The summed E-state index contributed by atoms with van der Waals surface area (Å²) >= 11 is 0. The average molecular weight is 685 g/mol. The van der Waals surface area contributed by atoms with Crippen LogP contribution >= 0.6 is 0 Å². The highest BCUT2D eigenvalue weighted by atomic mass is 15.2. The lowest BCUT2D eigenvalue weighted by atomic mass is 9.99. The van der Waals surface area contributed by atoms with Gasteiger partial charge in [0.05, 0.1) is 34.3 Å². The number of fused-ring (bicyclic) bond motifs is 3. The molecule has 3 heterocycles. The number of allylic oxidation sites excluding steroid dienone is 4. The third kappa shape index (κ3) is 5.47. The molecule has 10 rings (SSSR count). The molecule has 0 amide bonds. The maximum absolute atomic E-state index is 5.40. The van der Waals surface area contributed by atoms with E-state index >= 15 is 0 Å². The first-order valence-electron chi connectivity index (χ1n) is 18.2. The Morgan fingerprint density at radius 3 is 1.81 bits per heavy atom. The Labute approximate surface area is 308 Å². The minimum atomic E-state index is 0.494. The zero-order valence-corrected chi connectivity index (χ0v) is 29.3. The van der Waals surface area contributed by atoms with Crippen molar-refractivity contribution in [1.82, 2.24) is 19.1 Å². The number of nitrogens with zero attached hydrogens (tertiary/aromatic N) is 6. The van der Waals surface area contributed by atoms with Crippen LogP contribution in [0.1, 0.15) is 24.5 Å². The molecule has 0 radical (unpaired) electrons. The molecule has 0 spiro atoms. The van der Waals surface area contributed by atoms with Gasteiger partial charge in [-0.1, -0.05) is 97.9 Å². The van der Waals surface area contributed by atoms with Crippen LogP contribution in [0, 0.1) is 5.92 Å². The monoisotopic (exact) mass is 684 g/mol. The van der Waals surface area contributed by atoms with Crippen molar-refractivity contribution in [2.24, 2.45) is 10.9 Å². The number of aromatic nitrogens is 4. The molecule has 53 heavy (non-hydrogen) atoms. The Kier molecular flexibility index (Phi) is 7.46. The lowest BCUT2D eigenvalue weighted by molar-refractivity contribution is 0.735. The summed E-state index contributed by atoms with van der Waals surface area (Å²) in [5.74, 6) is 3.12. The highest BCUT2D eigenvalue weighted by molar-refractivity contribution is 6.13. The van der Waals surface area contributed by atoms with Gasteiger partial charge in [0.25, 0.3) is 0 Å². The third-order valence-corrected chi connectivity index (χ3v) is 10.3. The average Bonchev–Trinajstić information content (AvgIpc) is 3.81. The molecule has 1 atom stereocenters. The summed E-state index contributed by atoms with van der Waals surface area (Å²) in [5, 5.41) is 0. The van der Waals surface area contributed by atoms with Crippen molar-refractivity contribution < 1.29 is 0 Å². The molecule has 6 heteroatoms. The summed E-state index contributed by atoms with van der Waals surface area (Å²) in [5.41, 5.74) is 12.4. The van der Waals surface area contributed by atoms with Crippen molar-refractivity contribution >= 4 is 45.0 Å². The Hall–Kier alpha value is -6.79. The molecule has 0 saturated heterocycles. The van der Waals surface area contributed by atoms with Gasteiger partial charge in [0.1, 0.15) is 17.5 Å². The van der Waals surface area contributed by atoms with Gasteiger partial charge in [-0.25, -0.2) is 15.0 Å². The second-order valence-electron chi connectivity index (χ2n) is 13.8. The SMILES string of the molecule is CC1C=CC(n2c(-c3cc(C4=Nc5ccccc5CN4c4ccccc4)cc(-c4nc5ccccc5n4-c4ccccc4)c3)nc3ccccc32)=CC1. The number of hydrogen-bond acceptors (Lipinski definition) is 4. The summed E-state index contributed by atoms with van der Waals surface area (Å²) in [6, 6.07) is 53.0. The number of anilines is 1. The van der Waals surface area contributed by atoms with E-state index in [1.807, 2.05) is 0 Å². The molecule has 8 aromatic rings. The van der Waals surface area contributed by atoms with Crippen LogP contribution < -0.4 is 4.90 Å². The van der Waals surface area contributed by atoms with Crippen molar-refractivity contribution in [3.05, 3.63) is 181 Å². The number of hydrogen-bond donors (Lipinski definition) is 0. The molecule has 0 bridgehead atoms. The molecule has 6 nitrogen and oxygen atoms in total. The molecular weight excluding hydrogens is 649 g/mol. The maximum atomic E-state index is 5.40. The molecule has 0 N–H and O–H groups in total. The highest BCUT2D eigenvalue weighted by Crippen LogP contribution is 2.38. The molecule has 2 aliphatic rings. The van der Waals surface area contributed by atoms with Gasteiger partial charge in [0.15, 0.2) is 0 Å². The topological polar surface area (TPSA) is 51.2 Å². The summed E-state index contributed by atoms with van der Waals surface area (Å²) in [6.45, 7) is 2.96. The zero-order valence-electron chi connectivity index (χ0n) is 29.3. The number of amidine groups is 1. The van der Waals surface area contributed by atoms with Crippen LogP contribution in [0.3, 0.4) is 0 Å². The van der Waals surface area contributed by atoms with Gasteiger partial charge in [-0.05, 0) is 96.8 Å². The standard InChI is InChI=1S/C47H36N6/c1-32-24-26-39(27-25-32)53-44-23-13-11-21-42(44)50-47(53)36-29-34(45-48-40-19-9-8-14-33(40)31-51(45)37-15-4-2-5-16-37)28-35(30-36)46-49-41-20-10-12-22-43(41)52(46)38-17-6-3-7-18-38/h2-24,26-30,32H,25,31H2,1H3. The van der Waals surface area contributed by atoms with Crippen LogP contribution in [0.4, 0.5) is 11.4 Å². The van der Waals surface area contributed by atoms with Gasteiger partial charge in [-0.15, -0.1) is 0 Å². The minimum Gasteiger partial charge on any atom is -0.321 e. The van der Waals surface area contributed by atoms with E-state index in [1.165, 1.54) is 5.56 Å². The second-order valence-corrected chi connectivity index (χ2v) is 13.8. The number of rotatable bonds is 6. The zero-order chi connectivity index (χ0) is 35.3. The largest absolute Gasteiger partial charge is 0.321 e. The summed E-state index contributed by atoms with van der Waals surface area (Å²) in [7, 11) is 0. The molecular formula is C47H36N6. The molecule has 1 aliphatic heterocycles. The number of imidazole rings is 2. The molecule has 1 aliphatic carbocycles. The van der Waals surface area contributed by atoms with E-state index in [9.17, 15) is 0 Å². The third-order valence-electron chi connectivity index (χ3n) is 10.3. The van der Waals surface area contributed by atoms with Crippen molar-refractivity contribution in [3.8, 4) is 28.5 Å². The van der Waals surface area contributed by atoms with E-state index in [4.69, 9.17) is 15.0 Å². The van der Waals surface area contributed by atoms with E-state index < -0.39 is 0 Å². The first-order chi connectivity index (χ1) is 26.2. The van der Waals surface area contributed by atoms with E-state index in [-0.39, 0.29) is 0 Å². The van der Waals surface area contributed by atoms with Gasteiger partial charge < -0.3 is 4.90 Å². The molecule has 6 aromatic carbocycles. The fourth-order valence-corrected chi connectivity index (χ4v) is 7.65. The fraction of sp³-hybridized carbons (Fsp3) is 0.0851. The Balaban J connectivity index is 1.27. The first kappa shape index (κ1) is 31.0. The smallest absolute Gasteiger partial charge is 0.145 e. The van der Waals surface area contributed by atoms with Crippen LogP contribution in [-0.4, -0.2) is 24.9 Å². The van der Waals surface area contributed by atoms with Gasteiger partial charge in [0, 0.05) is 33.8 Å². The molecule has 254 valence electrons. The van der Waals surface area contributed by atoms with Crippen LogP contribution in [0.5, 0.6) is 0 Å². The minimum absolute atomic E-state index is 0.494. The van der Waals surface area contributed by atoms with Crippen LogP contribution in [0.25, 0.3) is 56.2 Å². The summed E-state index contributed by atoms with van der Waals surface area (Å²) in [6.07, 6.45) is 7.85. The van der Waals surface area contributed by atoms with Crippen LogP contribution in [0.2, 0.25) is 0 Å². The van der Waals surface area contributed by atoms with E-state index in [1.54, 1.807) is 0 Å². The fourth-order valence-electron chi connectivity index (χ4n) is 7.65. The van der Waals surface area contributed by atoms with Gasteiger partial charge in [-0.3, -0.25) is 9.13 Å². The van der Waals surface area contributed by atoms with Crippen molar-refractivity contribution in [2.75, 3.05) is 4.90 Å². The molecule has 1 unspecified atom stereocenters. The number of para-hydroxylation sites is 7. The van der Waals surface area contributed by atoms with Crippen LogP contribution in [-0.2, 0) is 6.54 Å². The van der Waals surface area contributed by atoms with Crippen molar-refractivity contribution in [3.63, 3.8) is 0 Å². The normalized spacial score (nSPS) is 15.4. The molecule has 2 aromatic heterocycles. The van der Waals surface area contributed by atoms with Crippen molar-refractivity contribution in [1.29, 1.82) is 0 Å². The second kappa shape index (κ2) is 12.8. The lowest BCUT2D eigenvalue weighted by Crippen LogP contribution is -2.33. The molecule has 0 fully saturated rings. The van der Waals surface area contributed by atoms with E-state index in [0.717, 1.165) is 85.4 Å². The number of aliphatic imine (C=N–C) groups is 1. The predicted molar refractivity (Wildman–Crippen MR) is 218 cm³/mol. The summed E-state index contributed by atoms with van der Waals surface area (Å²) < 4.78 is 4.58. The summed E-state index contributed by atoms with van der Waals surface area (Å²) in [4.78, 5) is 18.4. The predicted octanol–water partition coefficient (Wildman–Crippen LogP) is 11.2. The first-order valence-corrected chi connectivity index (χ1v) is 18.2.